The molecule has 1 fully saturated rings. The van der Waals surface area contributed by atoms with Gasteiger partial charge in [-0.15, -0.1) is 0 Å². The lowest BCUT2D eigenvalue weighted by Gasteiger charge is -2.35. The number of phenols is 1. The number of H-pyrrole nitrogens is 1. The lowest BCUT2D eigenvalue weighted by Crippen LogP contribution is -2.63. The van der Waals surface area contributed by atoms with Gasteiger partial charge in [0, 0.05) is 46.9 Å². The van der Waals surface area contributed by atoms with Crippen molar-refractivity contribution < 1.29 is 58.5 Å². The highest BCUT2D eigenvalue weighted by Crippen LogP contribution is 2.39. The fourth-order valence-corrected chi connectivity index (χ4v) is 11.0. The van der Waals surface area contributed by atoms with Crippen LogP contribution in [0.15, 0.2) is 85.1 Å². The van der Waals surface area contributed by atoms with Crippen molar-refractivity contribution >= 4 is 85.8 Å². The fourth-order valence-electron chi connectivity index (χ4n) is 8.14. The van der Waals surface area contributed by atoms with Gasteiger partial charge in [-0.2, -0.15) is 0 Å². The molecule has 8 atom stereocenters. The van der Waals surface area contributed by atoms with Crippen molar-refractivity contribution in [1.82, 2.24) is 42.2 Å². The number of benzene rings is 3. The molecule has 1 aliphatic rings. The monoisotopic (exact) mass is 1070 g/mol. The van der Waals surface area contributed by atoms with Gasteiger partial charge in [-0.3, -0.25) is 38.4 Å². The SMILES string of the molecule is CC(C)[C@H](NC(=O)[C@@H]1CSSC(C)(C)[C@@H](NC(=O)[C@@H](N)CC(=O)O)C(=O)N[C@@H](Cc2ccccc2)C(=O)N[C@H](Cc2c[nH]c3ccccc23)C(=O)N[C@H](CCCN)C(=O)N[C@@H](Cc2ccc(O)cc2)C(=O)N1)C(=O)O. The molecule has 3 aromatic carbocycles. The van der Waals surface area contributed by atoms with E-state index in [-0.39, 0.29) is 50.2 Å². The van der Waals surface area contributed by atoms with Gasteiger partial charge >= 0.3 is 11.9 Å². The molecule has 5 rings (SSSR count). The molecule has 0 spiro atoms. The molecule has 15 N–H and O–H groups in total. The second-order valence-corrected chi connectivity index (χ2v) is 22.0. The maximum absolute atomic E-state index is 14.8. The van der Waals surface area contributed by atoms with E-state index in [4.69, 9.17) is 11.5 Å². The number of nitrogens with one attached hydrogen (secondary N) is 8. The number of hydrogen-bond acceptors (Lipinski definition) is 14. The average molecular weight is 1080 g/mol. The van der Waals surface area contributed by atoms with Crippen LogP contribution in [0.2, 0.25) is 0 Å². The molecule has 2 heterocycles. The molecule has 1 aromatic heterocycles. The minimum Gasteiger partial charge on any atom is -0.508 e. The van der Waals surface area contributed by atoms with E-state index in [9.17, 15) is 58.5 Å². The zero-order valence-electron chi connectivity index (χ0n) is 41.9. The van der Waals surface area contributed by atoms with Crippen LogP contribution in [-0.2, 0) is 62.4 Å². The van der Waals surface area contributed by atoms with E-state index in [2.05, 4.69) is 42.2 Å². The zero-order valence-corrected chi connectivity index (χ0v) is 43.6. The number of rotatable bonds is 17. The highest BCUT2D eigenvalue weighted by Gasteiger charge is 2.42. The van der Waals surface area contributed by atoms with Gasteiger partial charge in [0.2, 0.25) is 41.4 Å². The van der Waals surface area contributed by atoms with Gasteiger partial charge in [0.25, 0.3) is 0 Å². The van der Waals surface area contributed by atoms with Gasteiger partial charge in [-0.05, 0) is 74.0 Å². The molecule has 404 valence electrons. The molecule has 1 aliphatic heterocycles. The highest BCUT2D eigenvalue weighted by molar-refractivity contribution is 8.77. The summed E-state index contributed by atoms with van der Waals surface area (Å²) < 4.78 is -1.42. The van der Waals surface area contributed by atoms with Crippen molar-refractivity contribution in [2.75, 3.05) is 12.3 Å². The molecule has 0 saturated carbocycles. The summed E-state index contributed by atoms with van der Waals surface area (Å²) in [7, 11) is 1.91. The van der Waals surface area contributed by atoms with E-state index in [1.807, 2.05) is 18.2 Å². The third kappa shape index (κ3) is 17.2. The van der Waals surface area contributed by atoms with Crippen molar-refractivity contribution in [3.05, 3.63) is 102 Å². The molecule has 1 saturated heterocycles. The Labute approximate surface area is 441 Å². The highest BCUT2D eigenvalue weighted by atomic mass is 33.1. The summed E-state index contributed by atoms with van der Waals surface area (Å²) in [5, 5.41) is 49.0. The van der Waals surface area contributed by atoms with Crippen LogP contribution in [0.5, 0.6) is 5.75 Å². The van der Waals surface area contributed by atoms with E-state index < -0.39 is 119 Å². The lowest BCUT2D eigenvalue weighted by molar-refractivity contribution is -0.143. The summed E-state index contributed by atoms with van der Waals surface area (Å²) in [5.41, 5.74) is 14.3. The molecule has 24 heteroatoms. The number of hydrogen-bond donors (Lipinski definition) is 13. The number of carboxylic acids is 2. The van der Waals surface area contributed by atoms with E-state index in [0.29, 0.717) is 16.7 Å². The van der Waals surface area contributed by atoms with Gasteiger partial charge in [0.05, 0.1) is 12.5 Å². The molecule has 75 heavy (non-hydrogen) atoms. The quantitative estimate of drug-likeness (QED) is 0.0649. The van der Waals surface area contributed by atoms with Crippen LogP contribution in [0.25, 0.3) is 10.9 Å². The van der Waals surface area contributed by atoms with Crippen molar-refractivity contribution in [3.63, 3.8) is 0 Å². The number of aromatic hydroxyl groups is 1. The number of carboxylic acid groups (broad SMARTS) is 2. The number of carbonyl (C=O) groups is 9. The summed E-state index contributed by atoms with van der Waals surface area (Å²) in [5.74, 6) is -9.99. The molecule has 7 amide bonds. The van der Waals surface area contributed by atoms with E-state index in [0.717, 1.165) is 32.5 Å². The van der Waals surface area contributed by atoms with Crippen LogP contribution in [0.1, 0.15) is 63.6 Å². The van der Waals surface area contributed by atoms with Gasteiger partial charge < -0.3 is 69.0 Å². The van der Waals surface area contributed by atoms with Crippen LogP contribution in [-0.4, -0.2) is 139 Å². The predicted molar refractivity (Wildman–Crippen MR) is 283 cm³/mol. The molecule has 0 radical (unpaired) electrons. The minimum absolute atomic E-state index is 0.0360. The number of aromatic amines is 1. The van der Waals surface area contributed by atoms with E-state index >= 15 is 0 Å². The number of fused-ring (bicyclic) bond motifs is 1. The Hall–Kier alpha value is -7.15. The first-order valence-electron chi connectivity index (χ1n) is 24.3. The molecule has 4 aromatic rings. The van der Waals surface area contributed by atoms with Crippen LogP contribution >= 0.6 is 21.6 Å². The third-order valence-corrected chi connectivity index (χ3v) is 15.6. The number of nitrogens with two attached hydrogens (primary N) is 2. The molecular weight excluding hydrogens is 1010 g/mol. The van der Waals surface area contributed by atoms with Crippen LogP contribution < -0.4 is 48.7 Å². The Morgan fingerprint density at radius 1 is 0.733 bits per heavy atom. The number of phenolic OH excluding ortho intramolecular Hbond substituents is 1. The first kappa shape index (κ1) is 58.7. The normalized spacial score (nSPS) is 22.0. The Kier molecular flexibility index (Phi) is 21.5. The van der Waals surface area contributed by atoms with E-state index in [1.165, 1.54) is 24.3 Å². The predicted octanol–water partition coefficient (Wildman–Crippen LogP) is 0.750. The first-order chi connectivity index (χ1) is 35.6. The van der Waals surface area contributed by atoms with E-state index in [1.54, 1.807) is 70.3 Å². The Balaban J connectivity index is 1.66. The molecule has 0 bridgehead atoms. The Morgan fingerprint density at radius 2 is 1.28 bits per heavy atom. The Morgan fingerprint density at radius 3 is 1.88 bits per heavy atom. The number of carbonyl (C=O) groups excluding carboxylic acids is 7. The summed E-state index contributed by atoms with van der Waals surface area (Å²) in [6.45, 7) is 6.34. The largest absolute Gasteiger partial charge is 0.508 e. The first-order valence-corrected chi connectivity index (χ1v) is 26.6. The summed E-state index contributed by atoms with van der Waals surface area (Å²) >= 11 is 0. The van der Waals surface area contributed by atoms with Gasteiger partial charge in [0.1, 0.15) is 48.0 Å². The molecular formula is C51H66N10O12S2. The number of para-hydroxylation sites is 1. The number of aromatic nitrogens is 1. The zero-order chi connectivity index (χ0) is 55.0. The maximum Gasteiger partial charge on any atom is 0.326 e. The average Bonchev–Trinajstić information content (AvgIpc) is 3.77. The van der Waals surface area contributed by atoms with Gasteiger partial charge in [0.15, 0.2) is 0 Å². The van der Waals surface area contributed by atoms with Crippen molar-refractivity contribution in [3.8, 4) is 5.75 Å². The topological polar surface area (TPSA) is 366 Å². The van der Waals surface area contributed by atoms with Crippen LogP contribution in [0.3, 0.4) is 0 Å². The smallest absolute Gasteiger partial charge is 0.326 e. The lowest BCUT2D eigenvalue weighted by atomic mass is 9.98. The van der Waals surface area contributed by atoms with Gasteiger partial charge in [-0.25, -0.2) is 4.79 Å². The van der Waals surface area contributed by atoms with Crippen LogP contribution in [0.4, 0.5) is 0 Å². The molecule has 0 aliphatic carbocycles. The second-order valence-electron chi connectivity index (χ2n) is 19.0. The third-order valence-electron chi connectivity index (χ3n) is 12.3. The number of aliphatic carboxylic acids is 2. The summed E-state index contributed by atoms with van der Waals surface area (Å²) in [6, 6.07) is 9.85. The second kappa shape index (κ2) is 27.4. The minimum atomic E-state index is -1.62. The molecule has 22 nitrogen and oxygen atoms in total. The summed E-state index contributed by atoms with van der Waals surface area (Å²) in [6.07, 6.45) is 0.590. The fraction of sp³-hybridized carbons (Fsp3) is 0.431. The van der Waals surface area contributed by atoms with Crippen molar-refractivity contribution in [2.45, 2.75) is 119 Å². The molecule has 0 unspecified atom stereocenters. The standard InChI is InChI=1S/C51H66N10O12S2/c1-27(2)41(50(72)73)60-48(70)39-26-74-75-51(3,4)42(61-43(65)33(53)24-40(63)64)49(71)58-37(21-28-11-6-5-7-12-28)45(67)57-38(23-30-25-54-34-14-9-8-13-32(30)34)47(69)55-35(15-10-20-52)44(66)56-36(46(68)59-39)22-29-16-18-31(62)19-17-29/h5-9,11-14,16-19,25,27,33,35-39,41-42,54,62H,10,15,20-24,26,52-53H2,1-4H3,(H,55,69)(H,56,66)(H,57,67)(H,58,71)(H,59,68)(H,60,70)(H,61,65)(H,63,64)(H,72,73)/t33-,35+,36-,37-,38+,39-,41-,42-/m0/s1. The van der Waals surface area contributed by atoms with Crippen molar-refractivity contribution in [2.24, 2.45) is 17.4 Å². The van der Waals surface area contributed by atoms with Crippen molar-refractivity contribution in [1.29, 1.82) is 0 Å². The maximum atomic E-state index is 14.8. The summed E-state index contributed by atoms with van der Waals surface area (Å²) in [4.78, 5) is 128. The Bertz CT molecular complexity index is 2670. The number of amides is 7. The van der Waals surface area contributed by atoms with Gasteiger partial charge in [-0.1, -0.05) is 96.1 Å². The van der Waals surface area contributed by atoms with Crippen LogP contribution in [0, 0.1) is 5.92 Å².